The molecule has 1 heterocycles. The average Bonchev–Trinajstić information content (AvgIpc) is 2.71. The van der Waals surface area contributed by atoms with E-state index in [1.165, 1.54) is 6.20 Å². The summed E-state index contributed by atoms with van der Waals surface area (Å²) in [6.45, 7) is 0.173. The van der Waals surface area contributed by atoms with Gasteiger partial charge in [-0.15, -0.1) is 24.0 Å². The molecule has 0 fully saturated rings. The number of ether oxygens (including phenoxy) is 3. The van der Waals surface area contributed by atoms with E-state index >= 15 is 0 Å². The number of halogens is 3. The van der Waals surface area contributed by atoms with Crippen LogP contribution in [0.2, 0.25) is 0 Å². The maximum Gasteiger partial charge on any atom is 0.272 e. The van der Waals surface area contributed by atoms with Gasteiger partial charge in [-0.25, -0.2) is 18.8 Å². The van der Waals surface area contributed by atoms with E-state index in [9.17, 15) is 8.78 Å². The van der Waals surface area contributed by atoms with Gasteiger partial charge in [-0.2, -0.15) is 0 Å². The molecule has 0 aliphatic carbocycles. The van der Waals surface area contributed by atoms with Crippen LogP contribution in [0.25, 0.3) is 0 Å². The first-order valence-corrected chi connectivity index (χ1v) is 8.62. The number of aromatic nitrogens is 1. The van der Waals surface area contributed by atoms with Crippen LogP contribution < -0.4 is 25.3 Å². The van der Waals surface area contributed by atoms with Crippen molar-refractivity contribution in [3.63, 3.8) is 0 Å². The van der Waals surface area contributed by atoms with Crippen LogP contribution in [0.1, 0.15) is 11.1 Å². The van der Waals surface area contributed by atoms with Gasteiger partial charge in [0.25, 0.3) is 6.43 Å². The summed E-state index contributed by atoms with van der Waals surface area (Å²) in [5.41, 5.74) is 7.69. The first-order chi connectivity index (χ1) is 13.5. The number of nitrogens with zero attached hydrogens (tertiary/aromatic N) is 2. The lowest BCUT2D eigenvalue weighted by Gasteiger charge is -2.10. The van der Waals surface area contributed by atoms with Gasteiger partial charge in [0.2, 0.25) is 5.88 Å². The van der Waals surface area contributed by atoms with Gasteiger partial charge in [-0.05, 0) is 35.7 Å². The van der Waals surface area contributed by atoms with Gasteiger partial charge in [0.15, 0.2) is 24.1 Å². The third kappa shape index (κ3) is 8.67. The lowest BCUT2D eigenvalue weighted by atomic mass is 10.1. The zero-order valence-corrected chi connectivity index (χ0v) is 18.6. The van der Waals surface area contributed by atoms with E-state index in [2.05, 4.69) is 15.3 Å². The molecule has 0 aliphatic heterocycles. The van der Waals surface area contributed by atoms with Crippen molar-refractivity contribution < 1.29 is 23.0 Å². The molecular weight excluding hydrogens is 497 g/mol. The minimum atomic E-state index is -2.55. The molecule has 29 heavy (non-hydrogen) atoms. The molecule has 3 N–H and O–H groups in total. The normalized spacial score (nSPS) is 11.0. The van der Waals surface area contributed by atoms with Gasteiger partial charge in [0.1, 0.15) is 0 Å². The van der Waals surface area contributed by atoms with Gasteiger partial charge >= 0.3 is 0 Å². The van der Waals surface area contributed by atoms with E-state index in [1.54, 1.807) is 26.4 Å². The summed E-state index contributed by atoms with van der Waals surface area (Å²) in [5, 5.41) is 3.03. The highest BCUT2D eigenvalue weighted by Crippen LogP contribution is 2.27. The smallest absolute Gasteiger partial charge is 0.272 e. The predicted molar refractivity (Wildman–Crippen MR) is 118 cm³/mol. The van der Waals surface area contributed by atoms with Crippen LogP contribution in [0.4, 0.5) is 8.78 Å². The molecule has 2 aromatic rings. The highest BCUT2D eigenvalue weighted by molar-refractivity contribution is 14.0. The van der Waals surface area contributed by atoms with Gasteiger partial charge in [0, 0.05) is 18.8 Å². The number of aliphatic imine (C=N–C) groups is 1. The molecule has 0 atom stereocenters. The fourth-order valence-electron chi connectivity index (χ4n) is 2.38. The van der Waals surface area contributed by atoms with Gasteiger partial charge in [0.05, 0.1) is 20.8 Å². The number of nitrogens with one attached hydrogen (secondary N) is 1. The van der Waals surface area contributed by atoms with Crippen molar-refractivity contribution in [1.29, 1.82) is 0 Å². The molecular formula is C19H25F2IN4O3. The number of rotatable bonds is 10. The third-order valence-corrected chi connectivity index (χ3v) is 3.76. The first kappa shape index (κ1) is 24.7. The Labute approximate surface area is 185 Å². The number of alkyl halides is 2. The number of hydrogen-bond donors (Lipinski definition) is 2. The molecule has 160 valence electrons. The maximum absolute atomic E-state index is 12.2. The van der Waals surface area contributed by atoms with Crippen molar-refractivity contribution in [2.75, 3.05) is 27.4 Å². The molecule has 0 spiro atoms. The van der Waals surface area contributed by atoms with E-state index in [0.717, 1.165) is 17.5 Å². The Hall–Kier alpha value is -2.37. The minimum Gasteiger partial charge on any atom is -0.493 e. The summed E-state index contributed by atoms with van der Waals surface area (Å²) in [6.07, 6.45) is -0.349. The van der Waals surface area contributed by atoms with E-state index < -0.39 is 13.0 Å². The summed E-state index contributed by atoms with van der Waals surface area (Å²) in [7, 11) is 3.18. The second-order valence-corrected chi connectivity index (χ2v) is 5.77. The Morgan fingerprint density at radius 1 is 1.14 bits per heavy atom. The first-order valence-electron chi connectivity index (χ1n) is 8.62. The molecule has 10 heteroatoms. The van der Waals surface area contributed by atoms with Gasteiger partial charge < -0.3 is 25.3 Å². The Balaban J connectivity index is 0.00000420. The Kier molecular flexibility index (Phi) is 11.0. The van der Waals surface area contributed by atoms with Gasteiger partial charge in [-0.1, -0.05) is 6.07 Å². The Morgan fingerprint density at radius 2 is 1.90 bits per heavy atom. The SMILES string of the molecule is COc1ccc(CCNC(N)=NCc2ccnc(OCC(F)F)c2)cc1OC.I. The zero-order chi connectivity index (χ0) is 20.4. The van der Waals surface area contributed by atoms with Crippen molar-refractivity contribution in [3.05, 3.63) is 47.7 Å². The summed E-state index contributed by atoms with van der Waals surface area (Å²) in [5.74, 6) is 1.76. The van der Waals surface area contributed by atoms with Crippen LogP contribution in [0, 0.1) is 0 Å². The van der Waals surface area contributed by atoms with Gasteiger partial charge in [-0.3, -0.25) is 0 Å². The number of hydrogen-bond acceptors (Lipinski definition) is 5. The zero-order valence-electron chi connectivity index (χ0n) is 16.2. The van der Waals surface area contributed by atoms with Crippen LogP contribution in [0.15, 0.2) is 41.5 Å². The highest BCUT2D eigenvalue weighted by atomic mass is 127. The van der Waals surface area contributed by atoms with Crippen LogP contribution >= 0.6 is 24.0 Å². The number of methoxy groups -OCH3 is 2. The predicted octanol–water partition coefficient (Wildman–Crippen LogP) is 3.01. The second-order valence-electron chi connectivity index (χ2n) is 5.77. The summed E-state index contributed by atoms with van der Waals surface area (Å²) >= 11 is 0. The molecule has 7 nitrogen and oxygen atoms in total. The molecule has 0 amide bonds. The van der Waals surface area contributed by atoms with Crippen molar-refractivity contribution in [2.45, 2.75) is 19.4 Å². The maximum atomic E-state index is 12.2. The number of pyridine rings is 1. The number of nitrogens with two attached hydrogens (primary N) is 1. The summed E-state index contributed by atoms with van der Waals surface area (Å²) < 4.78 is 39.7. The largest absolute Gasteiger partial charge is 0.493 e. The highest BCUT2D eigenvalue weighted by Gasteiger charge is 2.06. The van der Waals surface area contributed by atoms with Crippen molar-refractivity contribution in [3.8, 4) is 17.4 Å². The van der Waals surface area contributed by atoms with Crippen LogP contribution in [0.3, 0.4) is 0 Å². The lowest BCUT2D eigenvalue weighted by Crippen LogP contribution is -2.33. The second kappa shape index (κ2) is 13.0. The van der Waals surface area contributed by atoms with Crippen LogP contribution in [-0.2, 0) is 13.0 Å². The standard InChI is InChI=1S/C19H24F2N4O3.HI/c1-26-15-4-3-13(9-16(15)27-2)5-8-24-19(22)25-11-14-6-7-23-18(10-14)28-12-17(20)21;/h3-4,6-7,9-10,17H,5,8,11-12H2,1-2H3,(H3,22,24,25);1H. The molecule has 1 aromatic carbocycles. The Morgan fingerprint density at radius 3 is 2.59 bits per heavy atom. The third-order valence-electron chi connectivity index (χ3n) is 3.76. The van der Waals surface area contributed by atoms with Crippen molar-refractivity contribution in [1.82, 2.24) is 10.3 Å². The van der Waals surface area contributed by atoms with Crippen molar-refractivity contribution >= 4 is 29.9 Å². The van der Waals surface area contributed by atoms with Crippen LogP contribution in [0.5, 0.6) is 17.4 Å². The van der Waals surface area contributed by atoms with E-state index in [-0.39, 0.29) is 42.4 Å². The van der Waals surface area contributed by atoms with Crippen LogP contribution in [-0.4, -0.2) is 44.7 Å². The molecule has 2 rings (SSSR count). The molecule has 0 bridgehead atoms. The molecule has 1 aromatic heterocycles. The average molecular weight is 522 g/mol. The number of benzene rings is 1. The molecule has 0 aliphatic rings. The molecule has 0 unspecified atom stereocenters. The van der Waals surface area contributed by atoms with Crippen molar-refractivity contribution in [2.24, 2.45) is 10.7 Å². The fourth-order valence-corrected chi connectivity index (χ4v) is 2.38. The topological polar surface area (TPSA) is 91.0 Å². The molecule has 0 saturated heterocycles. The lowest BCUT2D eigenvalue weighted by molar-refractivity contribution is 0.0795. The Bertz CT molecular complexity index is 794. The number of guanidine groups is 1. The van der Waals surface area contributed by atoms with E-state index in [0.29, 0.717) is 18.0 Å². The molecule has 0 saturated carbocycles. The minimum absolute atomic E-state index is 0. The quantitative estimate of drug-likeness (QED) is 0.283. The summed E-state index contributed by atoms with van der Waals surface area (Å²) in [4.78, 5) is 8.11. The van der Waals surface area contributed by atoms with E-state index in [1.807, 2.05) is 18.2 Å². The fraction of sp³-hybridized carbons (Fsp3) is 0.368. The summed E-state index contributed by atoms with van der Waals surface area (Å²) in [6, 6.07) is 8.99. The van der Waals surface area contributed by atoms with E-state index in [4.69, 9.17) is 19.9 Å². The molecule has 0 radical (unpaired) electrons. The monoisotopic (exact) mass is 522 g/mol.